The predicted molar refractivity (Wildman–Crippen MR) is 88.5 cm³/mol. The predicted octanol–water partition coefficient (Wildman–Crippen LogP) is 5.60. The minimum atomic E-state index is 0.468. The molecule has 0 bridgehead atoms. The Balaban J connectivity index is 2.64. The Morgan fingerprint density at radius 3 is 2.33 bits per heavy atom. The van der Waals surface area contributed by atoms with Crippen molar-refractivity contribution in [2.24, 2.45) is 11.8 Å². The number of hydrogen-bond acceptors (Lipinski definition) is 1. The molecule has 1 saturated heterocycles. The Bertz CT molecular complexity index is 219. The van der Waals surface area contributed by atoms with Crippen LogP contribution < -0.4 is 0 Å². The van der Waals surface area contributed by atoms with E-state index in [0.717, 1.165) is 15.8 Å². The van der Waals surface area contributed by atoms with Gasteiger partial charge in [-0.15, -0.1) is 0 Å². The van der Waals surface area contributed by atoms with Crippen LogP contribution in [0.1, 0.15) is 72.6 Å². The van der Waals surface area contributed by atoms with Crippen LogP contribution in [0.25, 0.3) is 0 Å². The monoisotopic (exact) mass is 366 g/mol. The van der Waals surface area contributed by atoms with Gasteiger partial charge in [-0.1, -0.05) is 69.0 Å². The lowest BCUT2D eigenvalue weighted by atomic mass is 9.80. The smallest absolute Gasteiger partial charge is 0.0608 e. The van der Waals surface area contributed by atoms with Gasteiger partial charge in [0.2, 0.25) is 0 Å². The first-order valence-corrected chi connectivity index (χ1v) is 9.19. The summed E-state index contributed by atoms with van der Waals surface area (Å²) in [5.74, 6) is 1.59. The Labute approximate surface area is 128 Å². The molecule has 4 unspecified atom stereocenters. The third kappa shape index (κ3) is 4.36. The van der Waals surface area contributed by atoms with E-state index in [2.05, 4.69) is 50.3 Å². The van der Waals surface area contributed by atoms with Crippen LogP contribution in [0.3, 0.4) is 0 Å². The highest BCUT2D eigenvalue weighted by Gasteiger charge is 2.43. The molecule has 1 rings (SSSR count). The van der Waals surface area contributed by atoms with Crippen LogP contribution >= 0.6 is 22.6 Å². The molecular weight excluding hydrogens is 335 g/mol. The third-order valence-electron chi connectivity index (χ3n) is 4.45. The van der Waals surface area contributed by atoms with Crippen LogP contribution in [0, 0.1) is 11.8 Å². The minimum Gasteiger partial charge on any atom is -0.375 e. The summed E-state index contributed by atoms with van der Waals surface area (Å²) < 4.78 is 7.03. The average Bonchev–Trinajstić information content (AvgIpc) is 2.69. The molecule has 0 aromatic heterocycles. The van der Waals surface area contributed by atoms with Gasteiger partial charge < -0.3 is 4.74 Å². The quantitative estimate of drug-likeness (QED) is 0.401. The molecule has 2 heteroatoms. The van der Waals surface area contributed by atoms with Gasteiger partial charge >= 0.3 is 0 Å². The molecule has 108 valence electrons. The van der Waals surface area contributed by atoms with Gasteiger partial charge in [-0.25, -0.2) is 0 Å². The van der Waals surface area contributed by atoms with Crippen LogP contribution in [0.5, 0.6) is 0 Å². The number of halogens is 1. The van der Waals surface area contributed by atoms with E-state index < -0.39 is 0 Å². The summed E-state index contributed by atoms with van der Waals surface area (Å²) in [7, 11) is 0. The van der Waals surface area contributed by atoms with E-state index in [4.69, 9.17) is 4.74 Å². The van der Waals surface area contributed by atoms with E-state index in [1.165, 1.54) is 44.9 Å². The van der Waals surface area contributed by atoms with E-state index in [-0.39, 0.29) is 0 Å². The fourth-order valence-electron chi connectivity index (χ4n) is 3.43. The Kier molecular flexibility index (Phi) is 8.17. The van der Waals surface area contributed by atoms with E-state index in [1.54, 1.807) is 0 Å². The average molecular weight is 366 g/mol. The number of unbranched alkanes of at least 4 members (excludes halogenated alkanes) is 2. The molecule has 1 aliphatic heterocycles. The number of rotatable bonds is 8. The van der Waals surface area contributed by atoms with Crippen molar-refractivity contribution >= 4 is 22.6 Å². The van der Waals surface area contributed by atoms with Crippen molar-refractivity contribution in [2.75, 3.05) is 0 Å². The molecule has 1 fully saturated rings. The molecule has 18 heavy (non-hydrogen) atoms. The van der Waals surface area contributed by atoms with Crippen molar-refractivity contribution in [3.8, 4) is 0 Å². The summed E-state index contributed by atoms with van der Waals surface area (Å²) in [6, 6.07) is 0. The second kappa shape index (κ2) is 8.78. The summed E-state index contributed by atoms with van der Waals surface area (Å²) >= 11 is 2.70. The normalized spacial score (nSPS) is 33.8. The lowest BCUT2D eigenvalue weighted by molar-refractivity contribution is 0.0360. The molecule has 0 aromatic rings. The maximum atomic E-state index is 6.23. The molecule has 0 aliphatic carbocycles. The summed E-state index contributed by atoms with van der Waals surface area (Å²) in [5.41, 5.74) is 0. The van der Waals surface area contributed by atoms with Crippen LogP contribution in [0.2, 0.25) is 0 Å². The van der Waals surface area contributed by atoms with Crippen LogP contribution in [0.15, 0.2) is 0 Å². The molecular formula is C16H31IO. The van der Waals surface area contributed by atoms with E-state index >= 15 is 0 Å². The standard InChI is InChI=1S/C16H31IO/c1-5-8-10-13-15(7-3)18-12(4)16(13)14(17)11-9-6-2/h12-16H,5-11H2,1-4H3/t12-,13?,14?,15?,16?/m1/s1. The minimum absolute atomic E-state index is 0.468. The maximum absolute atomic E-state index is 6.23. The largest absolute Gasteiger partial charge is 0.375 e. The fourth-order valence-corrected chi connectivity index (χ4v) is 4.99. The molecule has 0 amide bonds. The summed E-state index contributed by atoms with van der Waals surface area (Å²) in [4.78, 5) is 0. The second-order valence-electron chi connectivity index (χ2n) is 5.83. The molecule has 0 radical (unpaired) electrons. The Hall–Kier alpha value is 0.690. The topological polar surface area (TPSA) is 9.23 Å². The fraction of sp³-hybridized carbons (Fsp3) is 1.00. The van der Waals surface area contributed by atoms with Crippen molar-refractivity contribution in [1.29, 1.82) is 0 Å². The highest BCUT2D eigenvalue weighted by Crippen LogP contribution is 2.43. The summed E-state index contributed by atoms with van der Waals surface area (Å²) in [6.07, 6.45) is 10.3. The SMILES string of the molecule is CCCCC(I)C1C(CCCC)C(CC)O[C@@H]1C. The molecule has 1 heterocycles. The van der Waals surface area contributed by atoms with Crippen LogP contribution in [-0.2, 0) is 4.74 Å². The van der Waals surface area contributed by atoms with Gasteiger partial charge in [0.05, 0.1) is 12.2 Å². The molecule has 0 saturated carbocycles. The van der Waals surface area contributed by atoms with Gasteiger partial charge in [-0.05, 0) is 32.1 Å². The lowest BCUT2D eigenvalue weighted by Crippen LogP contribution is -2.29. The number of ether oxygens (including phenoxy) is 1. The molecule has 0 N–H and O–H groups in total. The lowest BCUT2D eigenvalue weighted by Gasteiger charge is -2.27. The molecule has 0 spiro atoms. The molecule has 1 nitrogen and oxygen atoms in total. The summed E-state index contributed by atoms with van der Waals surface area (Å²) in [6.45, 7) is 9.18. The highest BCUT2D eigenvalue weighted by molar-refractivity contribution is 14.1. The third-order valence-corrected chi connectivity index (χ3v) is 5.90. The van der Waals surface area contributed by atoms with Gasteiger partial charge in [-0.3, -0.25) is 0 Å². The zero-order valence-electron chi connectivity index (χ0n) is 12.6. The van der Waals surface area contributed by atoms with Crippen LogP contribution in [-0.4, -0.2) is 16.1 Å². The number of alkyl halides is 1. The van der Waals surface area contributed by atoms with E-state index in [9.17, 15) is 0 Å². The van der Waals surface area contributed by atoms with Crippen LogP contribution in [0.4, 0.5) is 0 Å². The molecule has 1 aliphatic rings. The Morgan fingerprint density at radius 1 is 1.11 bits per heavy atom. The zero-order chi connectivity index (χ0) is 13.5. The van der Waals surface area contributed by atoms with Crippen molar-refractivity contribution in [1.82, 2.24) is 0 Å². The summed E-state index contributed by atoms with van der Waals surface area (Å²) in [5, 5.41) is 0. The van der Waals surface area contributed by atoms with Gasteiger partial charge in [0, 0.05) is 9.84 Å². The van der Waals surface area contributed by atoms with E-state index in [0.29, 0.717) is 12.2 Å². The van der Waals surface area contributed by atoms with Gasteiger partial charge in [0.15, 0.2) is 0 Å². The second-order valence-corrected chi connectivity index (χ2v) is 7.43. The van der Waals surface area contributed by atoms with Crippen molar-refractivity contribution < 1.29 is 4.74 Å². The first kappa shape index (κ1) is 16.7. The molecule has 0 aromatic carbocycles. The van der Waals surface area contributed by atoms with Crippen molar-refractivity contribution in [3.05, 3.63) is 0 Å². The highest BCUT2D eigenvalue weighted by atomic mass is 127. The zero-order valence-corrected chi connectivity index (χ0v) is 14.8. The van der Waals surface area contributed by atoms with Gasteiger partial charge in [-0.2, -0.15) is 0 Å². The Morgan fingerprint density at radius 2 is 1.78 bits per heavy atom. The van der Waals surface area contributed by atoms with Crippen molar-refractivity contribution in [3.63, 3.8) is 0 Å². The number of hydrogen-bond donors (Lipinski definition) is 0. The van der Waals surface area contributed by atoms with Crippen molar-refractivity contribution in [2.45, 2.75) is 88.8 Å². The first-order chi connectivity index (χ1) is 8.65. The maximum Gasteiger partial charge on any atom is 0.0608 e. The van der Waals surface area contributed by atoms with Gasteiger partial charge in [0.25, 0.3) is 0 Å². The first-order valence-electron chi connectivity index (χ1n) is 7.95. The van der Waals surface area contributed by atoms with Gasteiger partial charge in [0.1, 0.15) is 0 Å². The molecule has 5 atom stereocenters. The van der Waals surface area contributed by atoms with E-state index in [1.807, 2.05) is 0 Å².